The smallest absolute Gasteiger partial charge is 0.128 e. The van der Waals surface area contributed by atoms with Gasteiger partial charge in [-0.3, -0.25) is 4.90 Å². The standard InChI is InChI=1S/C15H24N4/c1-16-10-13-5-6-15(17-11-13)19-9-8-18-7-3-2-4-14(18)12-19/h5-6,11,14,16H,2-4,7-10,12H2,1H3. The highest BCUT2D eigenvalue weighted by Gasteiger charge is 2.29. The lowest BCUT2D eigenvalue weighted by Crippen LogP contribution is -2.55. The number of hydrogen-bond acceptors (Lipinski definition) is 4. The quantitative estimate of drug-likeness (QED) is 0.892. The number of piperidine rings is 1. The van der Waals surface area contributed by atoms with E-state index in [-0.39, 0.29) is 0 Å². The van der Waals surface area contributed by atoms with Crippen molar-refractivity contribution in [3.05, 3.63) is 23.9 Å². The van der Waals surface area contributed by atoms with Crippen LogP contribution >= 0.6 is 0 Å². The van der Waals surface area contributed by atoms with Crippen LogP contribution in [0.2, 0.25) is 0 Å². The molecule has 0 bridgehead atoms. The average Bonchev–Trinajstić information content (AvgIpc) is 2.48. The summed E-state index contributed by atoms with van der Waals surface area (Å²) in [6.45, 7) is 5.66. The zero-order valence-electron chi connectivity index (χ0n) is 11.8. The second-order valence-electron chi connectivity index (χ2n) is 5.69. The van der Waals surface area contributed by atoms with Crippen molar-refractivity contribution in [3.63, 3.8) is 0 Å². The lowest BCUT2D eigenvalue weighted by Gasteiger charge is -2.44. The molecule has 4 heteroatoms. The molecule has 1 aromatic heterocycles. The van der Waals surface area contributed by atoms with Crippen LogP contribution in [-0.2, 0) is 6.54 Å². The number of piperazine rings is 1. The van der Waals surface area contributed by atoms with E-state index in [0.29, 0.717) is 0 Å². The molecule has 1 N–H and O–H groups in total. The van der Waals surface area contributed by atoms with Gasteiger partial charge in [0.2, 0.25) is 0 Å². The van der Waals surface area contributed by atoms with Crippen LogP contribution in [0, 0.1) is 0 Å². The van der Waals surface area contributed by atoms with Gasteiger partial charge in [-0.2, -0.15) is 0 Å². The van der Waals surface area contributed by atoms with Gasteiger partial charge in [-0.15, -0.1) is 0 Å². The number of fused-ring (bicyclic) bond motifs is 1. The Kier molecular flexibility index (Phi) is 3.99. The maximum Gasteiger partial charge on any atom is 0.128 e. The minimum Gasteiger partial charge on any atom is -0.354 e. The van der Waals surface area contributed by atoms with Crippen LogP contribution in [0.3, 0.4) is 0 Å². The van der Waals surface area contributed by atoms with Gasteiger partial charge in [-0.25, -0.2) is 4.98 Å². The largest absolute Gasteiger partial charge is 0.354 e. The molecule has 0 spiro atoms. The molecule has 3 heterocycles. The van der Waals surface area contributed by atoms with Crippen molar-refractivity contribution in [1.29, 1.82) is 0 Å². The highest BCUT2D eigenvalue weighted by atomic mass is 15.3. The van der Waals surface area contributed by atoms with E-state index in [4.69, 9.17) is 0 Å². The van der Waals surface area contributed by atoms with Gasteiger partial charge in [0.15, 0.2) is 0 Å². The van der Waals surface area contributed by atoms with E-state index in [1.54, 1.807) is 0 Å². The fourth-order valence-corrected chi connectivity index (χ4v) is 3.28. The van der Waals surface area contributed by atoms with Gasteiger partial charge in [0.05, 0.1) is 0 Å². The van der Waals surface area contributed by atoms with Crippen LogP contribution in [0.4, 0.5) is 5.82 Å². The molecule has 104 valence electrons. The van der Waals surface area contributed by atoms with E-state index in [2.05, 4.69) is 32.2 Å². The molecular formula is C15H24N4. The van der Waals surface area contributed by atoms with Crippen molar-refractivity contribution >= 4 is 5.82 Å². The molecule has 0 aliphatic carbocycles. The van der Waals surface area contributed by atoms with Gasteiger partial charge in [0.25, 0.3) is 0 Å². The maximum atomic E-state index is 4.63. The average molecular weight is 260 g/mol. The molecule has 2 fully saturated rings. The van der Waals surface area contributed by atoms with Crippen molar-refractivity contribution in [2.24, 2.45) is 0 Å². The Hall–Kier alpha value is -1.13. The SMILES string of the molecule is CNCc1ccc(N2CCN3CCCCC3C2)nc1. The molecule has 2 aliphatic rings. The molecule has 0 saturated carbocycles. The van der Waals surface area contributed by atoms with Crippen LogP contribution in [0.25, 0.3) is 0 Å². The summed E-state index contributed by atoms with van der Waals surface area (Å²) < 4.78 is 0. The van der Waals surface area contributed by atoms with E-state index in [1.165, 1.54) is 37.9 Å². The molecule has 4 nitrogen and oxygen atoms in total. The summed E-state index contributed by atoms with van der Waals surface area (Å²) in [6, 6.07) is 5.11. The Balaban J connectivity index is 1.65. The van der Waals surface area contributed by atoms with Gasteiger partial charge >= 0.3 is 0 Å². The summed E-state index contributed by atoms with van der Waals surface area (Å²) in [4.78, 5) is 9.74. The molecule has 2 saturated heterocycles. The molecule has 2 aliphatic heterocycles. The fraction of sp³-hybridized carbons (Fsp3) is 0.667. The summed E-state index contributed by atoms with van der Waals surface area (Å²) in [6.07, 6.45) is 6.13. The van der Waals surface area contributed by atoms with Crippen LogP contribution in [0.5, 0.6) is 0 Å². The number of nitrogens with one attached hydrogen (secondary N) is 1. The third kappa shape index (κ3) is 2.90. The topological polar surface area (TPSA) is 31.4 Å². The van der Waals surface area contributed by atoms with Gasteiger partial charge in [-0.05, 0) is 38.1 Å². The maximum absolute atomic E-state index is 4.63. The Morgan fingerprint density at radius 1 is 1.26 bits per heavy atom. The lowest BCUT2D eigenvalue weighted by atomic mass is 9.99. The molecule has 0 aromatic carbocycles. The zero-order chi connectivity index (χ0) is 13.1. The third-order valence-electron chi connectivity index (χ3n) is 4.35. The van der Waals surface area contributed by atoms with E-state index in [9.17, 15) is 0 Å². The monoisotopic (exact) mass is 260 g/mol. The van der Waals surface area contributed by atoms with Crippen LogP contribution in [0.15, 0.2) is 18.3 Å². The summed E-state index contributed by atoms with van der Waals surface area (Å²) in [5.74, 6) is 1.14. The van der Waals surface area contributed by atoms with Gasteiger partial charge in [-0.1, -0.05) is 12.5 Å². The van der Waals surface area contributed by atoms with Crippen molar-refractivity contribution in [2.75, 3.05) is 38.1 Å². The summed E-state index contributed by atoms with van der Waals surface area (Å²) in [5, 5.41) is 3.16. The third-order valence-corrected chi connectivity index (χ3v) is 4.35. The summed E-state index contributed by atoms with van der Waals surface area (Å²) in [7, 11) is 1.97. The first-order valence-electron chi connectivity index (χ1n) is 7.45. The molecule has 19 heavy (non-hydrogen) atoms. The molecule has 1 aromatic rings. The van der Waals surface area contributed by atoms with Crippen molar-refractivity contribution < 1.29 is 0 Å². The molecule has 1 atom stereocenters. The van der Waals surface area contributed by atoms with Crippen molar-refractivity contribution in [3.8, 4) is 0 Å². The first kappa shape index (κ1) is 12.9. The molecule has 3 rings (SSSR count). The molecule has 0 radical (unpaired) electrons. The predicted octanol–water partition coefficient (Wildman–Crippen LogP) is 1.48. The van der Waals surface area contributed by atoms with E-state index >= 15 is 0 Å². The lowest BCUT2D eigenvalue weighted by molar-refractivity contribution is 0.133. The molecule has 1 unspecified atom stereocenters. The number of hydrogen-bond donors (Lipinski definition) is 1. The highest BCUT2D eigenvalue weighted by Crippen LogP contribution is 2.23. The minimum absolute atomic E-state index is 0.751. The van der Waals surface area contributed by atoms with Gasteiger partial charge in [0, 0.05) is 38.4 Å². The number of anilines is 1. The van der Waals surface area contributed by atoms with Gasteiger partial charge < -0.3 is 10.2 Å². The predicted molar refractivity (Wildman–Crippen MR) is 78.4 cm³/mol. The molecule has 0 amide bonds. The molecular weight excluding hydrogens is 236 g/mol. The minimum atomic E-state index is 0.751. The Morgan fingerprint density at radius 2 is 2.21 bits per heavy atom. The van der Waals surface area contributed by atoms with Gasteiger partial charge in [0.1, 0.15) is 5.82 Å². The van der Waals surface area contributed by atoms with E-state index < -0.39 is 0 Å². The van der Waals surface area contributed by atoms with E-state index in [0.717, 1.165) is 31.5 Å². The summed E-state index contributed by atoms with van der Waals surface area (Å²) in [5.41, 5.74) is 1.25. The number of aromatic nitrogens is 1. The highest BCUT2D eigenvalue weighted by molar-refractivity contribution is 5.40. The summed E-state index contributed by atoms with van der Waals surface area (Å²) >= 11 is 0. The number of rotatable bonds is 3. The number of nitrogens with zero attached hydrogens (tertiary/aromatic N) is 3. The Labute approximate surface area is 115 Å². The second-order valence-corrected chi connectivity index (χ2v) is 5.69. The van der Waals surface area contributed by atoms with E-state index in [1.807, 2.05) is 13.2 Å². The first-order chi connectivity index (χ1) is 9.36. The Bertz CT molecular complexity index is 403. The second kappa shape index (κ2) is 5.88. The Morgan fingerprint density at radius 3 is 3.00 bits per heavy atom. The normalized spacial score (nSPS) is 24.3. The van der Waals surface area contributed by atoms with Crippen molar-refractivity contribution in [2.45, 2.75) is 31.8 Å². The first-order valence-corrected chi connectivity index (χ1v) is 7.45. The van der Waals surface area contributed by atoms with Crippen LogP contribution in [-0.4, -0.2) is 49.2 Å². The zero-order valence-corrected chi connectivity index (χ0v) is 11.8. The fourth-order valence-electron chi connectivity index (χ4n) is 3.28. The number of pyridine rings is 1. The van der Waals surface area contributed by atoms with Crippen LogP contribution < -0.4 is 10.2 Å². The van der Waals surface area contributed by atoms with Crippen LogP contribution in [0.1, 0.15) is 24.8 Å². The van der Waals surface area contributed by atoms with Crippen molar-refractivity contribution in [1.82, 2.24) is 15.2 Å².